The fourth-order valence-electron chi connectivity index (χ4n) is 0.681. The van der Waals surface area contributed by atoms with Gasteiger partial charge in [-0.05, 0) is 19.9 Å². The number of rotatable bonds is 3. The van der Waals surface area contributed by atoms with Crippen molar-refractivity contribution >= 4 is 28.4 Å². The fraction of sp³-hybridized carbons (Fsp3) is 0.375. The highest BCUT2D eigenvalue weighted by molar-refractivity contribution is 7.86. The van der Waals surface area contributed by atoms with Crippen LogP contribution >= 0.6 is 11.6 Å². The smallest absolute Gasteiger partial charge is 0.139 e. The largest absolute Gasteiger partial charge is 0.289 e. The molecule has 0 aliphatic carbocycles. The van der Waals surface area contributed by atoms with Gasteiger partial charge in [0.15, 0.2) is 0 Å². The van der Waals surface area contributed by atoms with E-state index >= 15 is 0 Å². The van der Waals surface area contributed by atoms with Crippen LogP contribution in [0.4, 0.5) is 5.82 Å². The summed E-state index contributed by atoms with van der Waals surface area (Å²) in [7, 11) is -1.10. The van der Waals surface area contributed by atoms with E-state index in [9.17, 15) is 4.21 Å². The van der Waals surface area contributed by atoms with E-state index in [0.29, 0.717) is 10.8 Å². The number of nitrogens with zero attached hydrogens (tertiary/aromatic N) is 1. The van der Waals surface area contributed by atoms with Crippen molar-refractivity contribution in [2.45, 2.75) is 19.1 Å². The average Bonchev–Trinajstić information content (AvgIpc) is 2.04. The standard InChI is InChI=1S/C8H11ClN2OS/c1-6(2)13(12)11-8-5-7(9)3-4-10-8/h3-6H,1-2H3,(H,10,11). The topological polar surface area (TPSA) is 42.0 Å². The summed E-state index contributed by atoms with van der Waals surface area (Å²) in [6.07, 6.45) is 1.57. The average molecular weight is 219 g/mol. The van der Waals surface area contributed by atoms with Crippen molar-refractivity contribution in [3.05, 3.63) is 23.4 Å². The van der Waals surface area contributed by atoms with Crippen LogP contribution in [0, 0.1) is 0 Å². The summed E-state index contributed by atoms with van der Waals surface area (Å²) in [5.41, 5.74) is 0. The Hall–Kier alpha value is -0.610. The molecule has 1 aromatic heterocycles. The van der Waals surface area contributed by atoms with E-state index in [1.165, 1.54) is 0 Å². The van der Waals surface area contributed by atoms with Gasteiger partial charge in [0.05, 0.1) is 0 Å². The van der Waals surface area contributed by atoms with Crippen LogP contribution in [-0.2, 0) is 11.0 Å². The number of hydrogen-bond donors (Lipinski definition) is 1. The molecule has 0 aliphatic rings. The zero-order valence-electron chi connectivity index (χ0n) is 7.45. The third kappa shape index (κ3) is 3.32. The van der Waals surface area contributed by atoms with Gasteiger partial charge in [-0.3, -0.25) is 4.72 Å². The van der Waals surface area contributed by atoms with Gasteiger partial charge in [0.2, 0.25) is 0 Å². The van der Waals surface area contributed by atoms with Crippen molar-refractivity contribution in [1.29, 1.82) is 0 Å². The molecule has 0 saturated carbocycles. The third-order valence-electron chi connectivity index (χ3n) is 1.36. The first-order valence-electron chi connectivity index (χ1n) is 3.88. The van der Waals surface area contributed by atoms with Crippen LogP contribution in [0.3, 0.4) is 0 Å². The zero-order valence-corrected chi connectivity index (χ0v) is 9.02. The van der Waals surface area contributed by atoms with Crippen LogP contribution in [0.2, 0.25) is 5.02 Å². The molecular weight excluding hydrogens is 208 g/mol. The summed E-state index contributed by atoms with van der Waals surface area (Å²) in [6, 6.07) is 3.31. The van der Waals surface area contributed by atoms with Crippen LogP contribution < -0.4 is 4.72 Å². The Bertz CT molecular complexity index is 317. The van der Waals surface area contributed by atoms with Crippen molar-refractivity contribution < 1.29 is 4.21 Å². The zero-order chi connectivity index (χ0) is 9.84. The third-order valence-corrected chi connectivity index (χ3v) is 2.86. The Labute approximate surface area is 85.1 Å². The number of hydrogen-bond acceptors (Lipinski definition) is 2. The molecule has 0 bridgehead atoms. The quantitative estimate of drug-likeness (QED) is 0.846. The van der Waals surface area contributed by atoms with Crippen molar-refractivity contribution in [2.75, 3.05) is 4.72 Å². The lowest BCUT2D eigenvalue weighted by molar-refractivity contribution is 0.680. The maximum Gasteiger partial charge on any atom is 0.139 e. The molecule has 5 heteroatoms. The molecule has 0 amide bonds. The van der Waals surface area contributed by atoms with Gasteiger partial charge in [-0.15, -0.1) is 0 Å². The summed E-state index contributed by atoms with van der Waals surface area (Å²) < 4.78 is 14.1. The molecule has 72 valence electrons. The maximum absolute atomic E-state index is 11.3. The van der Waals surface area contributed by atoms with E-state index < -0.39 is 11.0 Å². The molecule has 0 fully saturated rings. The second-order valence-corrected chi connectivity index (χ2v) is 4.99. The van der Waals surface area contributed by atoms with Crippen LogP contribution in [0.1, 0.15) is 13.8 Å². The molecule has 1 aromatic rings. The molecule has 1 N–H and O–H groups in total. The van der Waals surface area contributed by atoms with Crippen molar-refractivity contribution in [3.8, 4) is 0 Å². The number of pyridine rings is 1. The molecule has 1 atom stereocenters. The van der Waals surface area contributed by atoms with E-state index in [1.54, 1.807) is 18.3 Å². The van der Waals surface area contributed by atoms with Crippen molar-refractivity contribution in [2.24, 2.45) is 0 Å². The summed E-state index contributed by atoms with van der Waals surface area (Å²) in [5, 5.41) is 0.638. The van der Waals surface area contributed by atoms with Crippen molar-refractivity contribution in [1.82, 2.24) is 4.98 Å². The minimum absolute atomic E-state index is 0.0563. The summed E-state index contributed by atoms with van der Waals surface area (Å²) in [5.74, 6) is 0.541. The SMILES string of the molecule is CC(C)S(=O)Nc1cc(Cl)ccn1. The highest BCUT2D eigenvalue weighted by Gasteiger charge is 2.05. The van der Waals surface area contributed by atoms with E-state index in [-0.39, 0.29) is 5.25 Å². The monoisotopic (exact) mass is 218 g/mol. The first-order valence-corrected chi connectivity index (χ1v) is 5.47. The minimum atomic E-state index is -1.10. The van der Waals surface area contributed by atoms with Gasteiger partial charge >= 0.3 is 0 Å². The van der Waals surface area contributed by atoms with E-state index in [4.69, 9.17) is 11.6 Å². The summed E-state index contributed by atoms with van der Waals surface area (Å²) >= 11 is 5.73. The molecule has 1 heterocycles. The van der Waals surface area contributed by atoms with Gasteiger partial charge in [0.1, 0.15) is 16.8 Å². The second kappa shape index (κ2) is 4.58. The summed E-state index contributed by atoms with van der Waals surface area (Å²) in [4.78, 5) is 3.97. The van der Waals surface area contributed by atoms with Crippen LogP contribution in [0.5, 0.6) is 0 Å². The Morgan fingerprint density at radius 1 is 1.62 bits per heavy atom. The molecule has 0 spiro atoms. The molecule has 1 rings (SSSR count). The van der Waals surface area contributed by atoms with Gasteiger partial charge in [0, 0.05) is 22.5 Å². The molecule has 13 heavy (non-hydrogen) atoms. The molecular formula is C8H11ClN2OS. The maximum atomic E-state index is 11.3. The Morgan fingerprint density at radius 2 is 2.31 bits per heavy atom. The highest BCUT2D eigenvalue weighted by Crippen LogP contribution is 2.12. The predicted octanol–water partition coefficient (Wildman–Crippen LogP) is 2.22. The van der Waals surface area contributed by atoms with E-state index in [2.05, 4.69) is 9.71 Å². The Balaban J connectivity index is 2.69. The molecule has 0 aliphatic heterocycles. The molecule has 1 unspecified atom stereocenters. The highest BCUT2D eigenvalue weighted by atomic mass is 35.5. The molecule has 0 radical (unpaired) electrons. The Kier molecular flexibility index (Phi) is 3.69. The number of aromatic nitrogens is 1. The lowest BCUT2D eigenvalue weighted by Gasteiger charge is -2.07. The van der Waals surface area contributed by atoms with Gasteiger partial charge in [0.25, 0.3) is 0 Å². The van der Waals surface area contributed by atoms with Crippen molar-refractivity contribution in [3.63, 3.8) is 0 Å². The number of anilines is 1. The number of nitrogens with one attached hydrogen (secondary N) is 1. The van der Waals surface area contributed by atoms with Crippen LogP contribution in [0.25, 0.3) is 0 Å². The van der Waals surface area contributed by atoms with Gasteiger partial charge < -0.3 is 0 Å². The van der Waals surface area contributed by atoms with Crippen LogP contribution in [-0.4, -0.2) is 14.4 Å². The van der Waals surface area contributed by atoms with E-state index in [1.807, 2.05) is 13.8 Å². The molecule has 3 nitrogen and oxygen atoms in total. The van der Waals surface area contributed by atoms with Gasteiger partial charge in [-0.25, -0.2) is 9.19 Å². The lowest BCUT2D eigenvalue weighted by atomic mass is 10.5. The fourth-order valence-corrected chi connectivity index (χ4v) is 1.39. The molecule has 0 saturated heterocycles. The second-order valence-electron chi connectivity index (χ2n) is 2.81. The minimum Gasteiger partial charge on any atom is -0.289 e. The van der Waals surface area contributed by atoms with Gasteiger partial charge in [-0.1, -0.05) is 11.6 Å². The lowest BCUT2D eigenvalue weighted by Crippen LogP contribution is -2.15. The number of halogens is 1. The van der Waals surface area contributed by atoms with Gasteiger partial charge in [-0.2, -0.15) is 0 Å². The molecule has 0 aromatic carbocycles. The van der Waals surface area contributed by atoms with Crippen LogP contribution in [0.15, 0.2) is 18.3 Å². The first kappa shape index (κ1) is 10.5. The Morgan fingerprint density at radius 3 is 2.85 bits per heavy atom. The first-order chi connectivity index (χ1) is 6.09. The normalized spacial score (nSPS) is 12.9. The van der Waals surface area contributed by atoms with E-state index in [0.717, 1.165) is 0 Å². The summed E-state index contributed by atoms with van der Waals surface area (Å²) in [6.45, 7) is 3.74. The predicted molar refractivity (Wildman–Crippen MR) is 56.1 cm³/mol.